The second-order valence-electron chi connectivity index (χ2n) is 17.8. The van der Waals surface area contributed by atoms with E-state index in [9.17, 15) is 19.2 Å². The van der Waals surface area contributed by atoms with Gasteiger partial charge in [-0.05, 0) is 78.3 Å². The first-order chi connectivity index (χ1) is 29.6. The highest BCUT2D eigenvalue weighted by Gasteiger charge is 2.25. The molecule has 16 heteroatoms. The molecule has 2 saturated heterocycles. The van der Waals surface area contributed by atoms with Crippen molar-refractivity contribution in [3.05, 3.63) is 108 Å². The molecular weight excluding hydrogens is 789 g/mol. The molecule has 0 atom stereocenters. The minimum atomic E-state index is -0.374. The molecule has 2 fully saturated rings. The number of hydrogen-bond donors (Lipinski definition) is 2. The van der Waals surface area contributed by atoms with Gasteiger partial charge < -0.3 is 29.9 Å². The fourth-order valence-corrected chi connectivity index (χ4v) is 6.44. The fourth-order valence-electron chi connectivity index (χ4n) is 6.44. The van der Waals surface area contributed by atoms with Crippen LogP contribution in [-0.4, -0.2) is 129 Å². The number of ether oxygens (including phenoxy) is 2. The first-order valence-corrected chi connectivity index (χ1v) is 21.2. The zero-order valence-corrected chi connectivity index (χ0v) is 37.0. The topological polar surface area (TPSA) is 175 Å². The average Bonchev–Trinajstić information content (AvgIpc) is 3.24. The SMILES string of the molecule is CC(C)(C)CCNC(=O)c1ccc(OC(=O)N2CCN(Cc3ccncn3)CC2)cc1.CC(C)(C)CCNC(=O)c1ccc(OC(=O)N2CCN(Cc3cnccn3)CC2)cc1. The van der Waals surface area contributed by atoms with E-state index < -0.39 is 0 Å². The van der Waals surface area contributed by atoms with Crippen molar-refractivity contribution < 1.29 is 28.7 Å². The summed E-state index contributed by atoms with van der Waals surface area (Å²) >= 11 is 0. The molecule has 332 valence electrons. The highest BCUT2D eigenvalue weighted by atomic mass is 16.6. The summed E-state index contributed by atoms with van der Waals surface area (Å²) in [5, 5.41) is 5.84. The molecule has 0 unspecified atom stereocenters. The number of nitrogens with zero attached hydrogens (tertiary/aromatic N) is 8. The Kier molecular flexibility index (Phi) is 17.3. The van der Waals surface area contributed by atoms with Gasteiger partial charge in [0.1, 0.15) is 17.8 Å². The largest absolute Gasteiger partial charge is 0.415 e. The van der Waals surface area contributed by atoms with Crippen LogP contribution in [-0.2, 0) is 13.1 Å². The molecule has 4 heterocycles. The van der Waals surface area contributed by atoms with Gasteiger partial charge >= 0.3 is 12.2 Å². The van der Waals surface area contributed by atoms with E-state index in [2.05, 4.69) is 81.9 Å². The van der Waals surface area contributed by atoms with E-state index in [4.69, 9.17) is 9.47 Å². The zero-order valence-electron chi connectivity index (χ0n) is 37.0. The van der Waals surface area contributed by atoms with E-state index in [-0.39, 0.29) is 34.8 Å². The monoisotopic (exact) mass is 850 g/mol. The van der Waals surface area contributed by atoms with Crippen LogP contribution in [0.3, 0.4) is 0 Å². The Morgan fingerprint density at radius 3 is 1.39 bits per heavy atom. The van der Waals surface area contributed by atoms with E-state index in [0.717, 1.165) is 63.5 Å². The van der Waals surface area contributed by atoms with Gasteiger partial charge in [-0.3, -0.25) is 29.4 Å². The number of nitrogens with one attached hydrogen (secondary N) is 2. The lowest BCUT2D eigenvalue weighted by Crippen LogP contribution is -2.49. The van der Waals surface area contributed by atoms with Gasteiger partial charge in [0.05, 0.1) is 11.4 Å². The van der Waals surface area contributed by atoms with Crippen molar-refractivity contribution in [1.82, 2.24) is 50.2 Å². The number of carbonyl (C=O) groups is 4. The second-order valence-corrected chi connectivity index (χ2v) is 17.8. The van der Waals surface area contributed by atoms with Crippen LogP contribution in [0.25, 0.3) is 0 Å². The van der Waals surface area contributed by atoms with Gasteiger partial charge in [-0.1, -0.05) is 41.5 Å². The zero-order chi connectivity index (χ0) is 44.5. The predicted molar refractivity (Wildman–Crippen MR) is 236 cm³/mol. The molecule has 0 aliphatic carbocycles. The maximum atomic E-state index is 12.5. The van der Waals surface area contributed by atoms with Gasteiger partial charge in [-0.25, -0.2) is 19.6 Å². The normalized spacial score (nSPS) is 14.9. The van der Waals surface area contributed by atoms with Crippen molar-refractivity contribution >= 4 is 24.0 Å². The van der Waals surface area contributed by atoms with Crippen molar-refractivity contribution in [2.24, 2.45) is 10.8 Å². The molecule has 2 aromatic carbocycles. The Labute approximate surface area is 365 Å². The highest BCUT2D eigenvalue weighted by molar-refractivity contribution is 5.94. The summed E-state index contributed by atoms with van der Waals surface area (Å²) in [6.07, 6.45) is 9.44. The number of rotatable bonds is 12. The van der Waals surface area contributed by atoms with Crippen LogP contribution in [0.5, 0.6) is 11.5 Å². The summed E-state index contributed by atoms with van der Waals surface area (Å²) in [5.41, 5.74) is 3.33. The Morgan fingerprint density at radius 2 is 1.00 bits per heavy atom. The maximum absolute atomic E-state index is 12.5. The Balaban J connectivity index is 0.000000234. The number of aromatic nitrogens is 4. The van der Waals surface area contributed by atoms with Crippen molar-refractivity contribution in [3.63, 3.8) is 0 Å². The fraction of sp³-hybridized carbons (Fsp3) is 0.478. The van der Waals surface area contributed by atoms with Gasteiger partial charge in [-0.15, -0.1) is 0 Å². The summed E-state index contributed by atoms with van der Waals surface area (Å²) in [4.78, 5) is 73.8. The molecule has 2 N–H and O–H groups in total. The maximum Gasteiger partial charge on any atom is 0.415 e. The smallest absolute Gasteiger partial charge is 0.410 e. The Hall–Kier alpha value is -6.00. The molecule has 2 aliphatic heterocycles. The lowest BCUT2D eigenvalue weighted by Gasteiger charge is -2.33. The van der Waals surface area contributed by atoms with E-state index in [1.54, 1.807) is 89.4 Å². The van der Waals surface area contributed by atoms with E-state index in [1.165, 1.54) is 0 Å². The molecule has 6 rings (SSSR count). The summed E-state index contributed by atoms with van der Waals surface area (Å²) in [6.45, 7) is 20.9. The van der Waals surface area contributed by atoms with E-state index in [1.807, 2.05) is 6.07 Å². The van der Waals surface area contributed by atoms with Crippen molar-refractivity contribution in [3.8, 4) is 11.5 Å². The summed E-state index contributed by atoms with van der Waals surface area (Å²) in [5.74, 6) is 0.612. The number of piperazine rings is 2. The number of carbonyl (C=O) groups excluding carboxylic acids is 4. The highest BCUT2D eigenvalue weighted by Crippen LogP contribution is 2.20. The standard InChI is InChI=1S/2C23H31N5O3/c1-23(2,3)9-11-25-21(29)18-4-6-20(7-5-18)31-22(30)28-14-12-27(13-15-28)16-19-8-10-24-17-26-19;1-23(2,3)8-9-26-21(29)18-4-6-20(7-5-18)31-22(30)28-14-12-27(13-15-28)17-19-16-24-10-11-25-19/h4-8,10,17H,9,11-16H2,1-3H3,(H,25,29);4-7,10-11,16H,8-9,12-15,17H2,1-3H3,(H,26,29). The number of amides is 4. The lowest BCUT2D eigenvalue weighted by atomic mass is 9.92. The van der Waals surface area contributed by atoms with Gasteiger partial charge in [0.15, 0.2) is 0 Å². The van der Waals surface area contributed by atoms with Crippen LogP contribution >= 0.6 is 0 Å². The molecule has 4 amide bonds. The molecule has 2 aliphatic rings. The van der Waals surface area contributed by atoms with Crippen LogP contribution in [0, 0.1) is 10.8 Å². The number of benzene rings is 2. The van der Waals surface area contributed by atoms with Crippen LogP contribution in [0.15, 0.2) is 85.7 Å². The third-order valence-corrected chi connectivity index (χ3v) is 10.3. The van der Waals surface area contributed by atoms with Gasteiger partial charge in [0.25, 0.3) is 11.8 Å². The molecule has 2 aromatic heterocycles. The molecule has 0 radical (unpaired) electrons. The third-order valence-electron chi connectivity index (χ3n) is 10.3. The second kappa shape index (κ2) is 22.7. The Morgan fingerprint density at radius 1 is 0.548 bits per heavy atom. The minimum Gasteiger partial charge on any atom is -0.410 e. The first-order valence-electron chi connectivity index (χ1n) is 21.2. The van der Waals surface area contributed by atoms with Gasteiger partial charge in [-0.2, -0.15) is 0 Å². The molecule has 16 nitrogen and oxygen atoms in total. The van der Waals surface area contributed by atoms with Crippen LogP contribution in [0.1, 0.15) is 86.5 Å². The van der Waals surface area contributed by atoms with Crippen molar-refractivity contribution in [1.29, 1.82) is 0 Å². The van der Waals surface area contributed by atoms with Gasteiger partial charge in [0.2, 0.25) is 0 Å². The molecule has 0 bridgehead atoms. The van der Waals surface area contributed by atoms with E-state index >= 15 is 0 Å². The number of hydrogen-bond acceptors (Lipinski definition) is 12. The molecule has 0 saturated carbocycles. The predicted octanol–water partition coefficient (Wildman–Crippen LogP) is 5.92. The summed E-state index contributed by atoms with van der Waals surface area (Å²) in [6, 6.07) is 15.2. The van der Waals surface area contributed by atoms with Crippen molar-refractivity contribution in [2.45, 2.75) is 67.5 Å². The summed E-state index contributed by atoms with van der Waals surface area (Å²) < 4.78 is 11.0. The minimum absolute atomic E-state index is 0.123. The molecule has 0 spiro atoms. The Bertz CT molecular complexity index is 1860. The first kappa shape index (κ1) is 47.1. The quantitative estimate of drug-likeness (QED) is 0.173. The summed E-state index contributed by atoms with van der Waals surface area (Å²) in [7, 11) is 0. The van der Waals surface area contributed by atoms with Crippen LogP contribution in [0.4, 0.5) is 9.59 Å². The lowest BCUT2D eigenvalue weighted by molar-refractivity contribution is 0.0940. The van der Waals surface area contributed by atoms with Crippen molar-refractivity contribution in [2.75, 3.05) is 65.4 Å². The van der Waals surface area contributed by atoms with Gasteiger partial charge in [0, 0.05) is 114 Å². The van der Waals surface area contributed by atoms with E-state index in [0.29, 0.717) is 61.9 Å². The van der Waals surface area contributed by atoms with Crippen LogP contribution < -0.4 is 20.1 Å². The average molecular weight is 851 g/mol. The molecule has 4 aromatic rings. The van der Waals surface area contributed by atoms with Crippen LogP contribution in [0.2, 0.25) is 0 Å². The molecular formula is C46H62N10O6. The third kappa shape index (κ3) is 16.5. The molecule has 62 heavy (non-hydrogen) atoms.